The summed E-state index contributed by atoms with van der Waals surface area (Å²) in [5.74, 6) is -0.346. The van der Waals surface area contributed by atoms with Gasteiger partial charge in [0.1, 0.15) is 0 Å². The Hall–Kier alpha value is -2.33. The van der Waals surface area contributed by atoms with E-state index in [0.717, 1.165) is 24.1 Å². The highest BCUT2D eigenvalue weighted by Crippen LogP contribution is 2.35. The number of nitrogens with zero attached hydrogens (tertiary/aromatic N) is 1. The maximum Gasteiger partial charge on any atom is 0.363 e. The van der Waals surface area contributed by atoms with Crippen molar-refractivity contribution in [2.75, 3.05) is 11.6 Å². The van der Waals surface area contributed by atoms with Gasteiger partial charge in [-0.3, -0.25) is 0 Å². The Bertz CT molecular complexity index is 750. The lowest BCUT2D eigenvalue weighted by molar-refractivity contribution is 0.0438. The predicted octanol–water partition coefficient (Wildman–Crippen LogP) is 4.26. The molecule has 0 spiro atoms. The van der Waals surface area contributed by atoms with E-state index in [4.69, 9.17) is 10.6 Å². The molecule has 2 aromatic carbocycles. The molecule has 0 radical (unpaired) electrons. The summed E-state index contributed by atoms with van der Waals surface area (Å²) in [5.41, 5.74) is 10.3. The SMILES string of the molecule is CC(C)(C)Cc1ccc2c(c1)C(N)CCN2OC(=O)c1ccccc1. The molecule has 132 valence electrons. The van der Waals surface area contributed by atoms with E-state index < -0.39 is 0 Å². The molecule has 0 aliphatic carbocycles. The van der Waals surface area contributed by atoms with Crippen LogP contribution in [-0.2, 0) is 11.3 Å². The second-order valence-corrected chi connectivity index (χ2v) is 7.87. The highest BCUT2D eigenvalue weighted by atomic mass is 16.7. The third-order valence-electron chi connectivity index (χ3n) is 4.34. The minimum absolute atomic E-state index is 0.0263. The number of benzene rings is 2. The summed E-state index contributed by atoms with van der Waals surface area (Å²) in [6.45, 7) is 7.27. The maximum absolute atomic E-state index is 12.4. The van der Waals surface area contributed by atoms with Gasteiger partial charge in [0, 0.05) is 6.04 Å². The lowest BCUT2D eigenvalue weighted by atomic mass is 9.86. The van der Waals surface area contributed by atoms with Crippen LogP contribution in [0.2, 0.25) is 0 Å². The van der Waals surface area contributed by atoms with Crippen molar-refractivity contribution in [1.29, 1.82) is 0 Å². The minimum Gasteiger partial charge on any atom is -0.335 e. The first-order chi connectivity index (χ1) is 11.8. The molecule has 1 unspecified atom stereocenters. The van der Waals surface area contributed by atoms with E-state index in [9.17, 15) is 4.79 Å². The fourth-order valence-corrected chi connectivity index (χ4v) is 3.20. The third-order valence-corrected chi connectivity index (χ3v) is 4.34. The first-order valence-electron chi connectivity index (χ1n) is 8.77. The van der Waals surface area contributed by atoms with Crippen molar-refractivity contribution in [3.05, 3.63) is 65.2 Å². The Morgan fingerprint density at radius 1 is 1.20 bits per heavy atom. The lowest BCUT2D eigenvalue weighted by Gasteiger charge is -2.33. The Kier molecular flexibility index (Phi) is 4.82. The molecule has 0 fully saturated rings. The first-order valence-corrected chi connectivity index (χ1v) is 8.77. The van der Waals surface area contributed by atoms with Gasteiger partial charge in [0.15, 0.2) is 0 Å². The van der Waals surface area contributed by atoms with E-state index in [1.165, 1.54) is 5.56 Å². The van der Waals surface area contributed by atoms with Crippen LogP contribution in [-0.4, -0.2) is 12.5 Å². The highest BCUT2D eigenvalue weighted by molar-refractivity contribution is 5.90. The summed E-state index contributed by atoms with van der Waals surface area (Å²) in [6.07, 6.45) is 1.74. The Balaban J connectivity index is 1.83. The van der Waals surface area contributed by atoms with Crippen LogP contribution in [0.15, 0.2) is 48.5 Å². The van der Waals surface area contributed by atoms with Crippen LogP contribution in [0.1, 0.15) is 54.7 Å². The zero-order valence-corrected chi connectivity index (χ0v) is 15.2. The van der Waals surface area contributed by atoms with Crippen molar-refractivity contribution < 1.29 is 9.63 Å². The standard InChI is InChI=1S/C21H26N2O2/c1-21(2,3)14-15-9-10-19-17(13-15)18(22)11-12-23(19)25-20(24)16-7-5-4-6-8-16/h4-10,13,18H,11-12,14,22H2,1-3H3. The molecule has 0 aromatic heterocycles. The van der Waals surface area contributed by atoms with Gasteiger partial charge in [-0.25, -0.2) is 9.86 Å². The first kappa shape index (κ1) is 17.5. The number of carbonyl (C=O) groups excluding carboxylic acids is 1. The number of hydroxylamine groups is 1. The van der Waals surface area contributed by atoms with Crippen molar-refractivity contribution in [2.24, 2.45) is 11.1 Å². The van der Waals surface area contributed by atoms with Crippen LogP contribution in [0.25, 0.3) is 0 Å². The molecule has 0 saturated heterocycles. The molecule has 1 heterocycles. The molecule has 0 amide bonds. The van der Waals surface area contributed by atoms with Gasteiger partial charge >= 0.3 is 5.97 Å². The van der Waals surface area contributed by atoms with Crippen LogP contribution >= 0.6 is 0 Å². The molecule has 0 bridgehead atoms. The van der Waals surface area contributed by atoms with Crippen LogP contribution < -0.4 is 10.8 Å². The number of hydrogen-bond acceptors (Lipinski definition) is 4. The molecule has 1 aliphatic rings. The number of carbonyl (C=O) groups is 1. The van der Waals surface area contributed by atoms with Crippen molar-refractivity contribution >= 4 is 11.7 Å². The van der Waals surface area contributed by atoms with Crippen molar-refractivity contribution in [1.82, 2.24) is 0 Å². The lowest BCUT2D eigenvalue weighted by Crippen LogP contribution is -2.35. The van der Waals surface area contributed by atoms with Crippen molar-refractivity contribution in [3.63, 3.8) is 0 Å². The van der Waals surface area contributed by atoms with E-state index >= 15 is 0 Å². The normalized spacial score (nSPS) is 17.1. The summed E-state index contributed by atoms with van der Waals surface area (Å²) in [6, 6.07) is 15.3. The topological polar surface area (TPSA) is 55.6 Å². The van der Waals surface area contributed by atoms with Crippen LogP contribution in [0.3, 0.4) is 0 Å². The summed E-state index contributed by atoms with van der Waals surface area (Å²) in [7, 11) is 0. The second-order valence-electron chi connectivity index (χ2n) is 7.87. The number of hydrogen-bond donors (Lipinski definition) is 1. The predicted molar refractivity (Wildman–Crippen MR) is 100 cm³/mol. The molecular formula is C21H26N2O2. The van der Waals surface area contributed by atoms with Gasteiger partial charge in [-0.1, -0.05) is 51.1 Å². The summed E-state index contributed by atoms with van der Waals surface area (Å²) < 4.78 is 0. The fraction of sp³-hybridized carbons (Fsp3) is 0.381. The van der Waals surface area contributed by atoms with Crippen LogP contribution in [0.5, 0.6) is 0 Å². The number of nitrogens with two attached hydrogens (primary N) is 1. The molecular weight excluding hydrogens is 312 g/mol. The van der Waals surface area contributed by atoms with Gasteiger partial charge in [-0.2, -0.15) is 0 Å². The Labute approximate surface area is 149 Å². The Morgan fingerprint density at radius 2 is 1.92 bits per heavy atom. The molecule has 4 nitrogen and oxygen atoms in total. The van der Waals surface area contributed by atoms with E-state index in [0.29, 0.717) is 12.1 Å². The monoisotopic (exact) mass is 338 g/mol. The highest BCUT2D eigenvalue weighted by Gasteiger charge is 2.26. The van der Waals surface area contributed by atoms with E-state index in [-0.39, 0.29) is 17.4 Å². The Morgan fingerprint density at radius 3 is 2.60 bits per heavy atom. The zero-order chi connectivity index (χ0) is 18.0. The van der Waals surface area contributed by atoms with Gasteiger partial charge in [-0.15, -0.1) is 0 Å². The third kappa shape index (κ3) is 4.20. The minimum atomic E-state index is -0.346. The largest absolute Gasteiger partial charge is 0.363 e. The molecule has 3 rings (SSSR count). The van der Waals surface area contributed by atoms with Crippen LogP contribution in [0, 0.1) is 5.41 Å². The van der Waals surface area contributed by atoms with E-state index in [1.54, 1.807) is 17.2 Å². The molecule has 25 heavy (non-hydrogen) atoms. The van der Waals surface area contributed by atoms with Gasteiger partial charge in [0.2, 0.25) is 0 Å². The van der Waals surface area contributed by atoms with Gasteiger partial charge in [-0.05, 0) is 47.6 Å². The average molecular weight is 338 g/mol. The fourth-order valence-electron chi connectivity index (χ4n) is 3.20. The van der Waals surface area contributed by atoms with Gasteiger partial charge in [0.25, 0.3) is 0 Å². The maximum atomic E-state index is 12.4. The van der Waals surface area contributed by atoms with Crippen LogP contribution in [0.4, 0.5) is 5.69 Å². The summed E-state index contributed by atoms with van der Waals surface area (Å²) >= 11 is 0. The number of anilines is 1. The zero-order valence-electron chi connectivity index (χ0n) is 15.2. The molecule has 1 aliphatic heterocycles. The van der Waals surface area contributed by atoms with E-state index in [2.05, 4.69) is 32.9 Å². The smallest absolute Gasteiger partial charge is 0.335 e. The molecule has 1 atom stereocenters. The molecule has 0 saturated carbocycles. The molecule has 4 heteroatoms. The number of rotatable bonds is 3. The summed E-state index contributed by atoms with van der Waals surface area (Å²) in [5, 5.41) is 1.68. The molecule has 2 N–H and O–H groups in total. The second kappa shape index (κ2) is 6.89. The molecule has 2 aromatic rings. The quantitative estimate of drug-likeness (QED) is 0.908. The summed E-state index contributed by atoms with van der Waals surface area (Å²) in [4.78, 5) is 18.0. The number of fused-ring (bicyclic) bond motifs is 1. The van der Waals surface area contributed by atoms with Gasteiger partial charge in [0.05, 0.1) is 17.8 Å². The van der Waals surface area contributed by atoms with Crippen molar-refractivity contribution in [3.8, 4) is 0 Å². The average Bonchev–Trinajstić information content (AvgIpc) is 2.57. The van der Waals surface area contributed by atoms with E-state index in [1.807, 2.05) is 24.3 Å². The van der Waals surface area contributed by atoms with Crippen molar-refractivity contribution in [2.45, 2.75) is 39.7 Å². The van der Waals surface area contributed by atoms with Gasteiger partial charge < -0.3 is 10.6 Å².